The number of carbonyl (C=O) groups is 6. The molecular weight excluding hydrogens is 1030 g/mol. The van der Waals surface area contributed by atoms with Crippen molar-refractivity contribution in [2.45, 2.75) is 83.2 Å². The molecule has 0 spiro atoms. The minimum Gasteiger partial charge on any atom is -0.497 e. The molecular formula is C59H57N5O12S2. The topological polar surface area (TPSA) is 210 Å². The summed E-state index contributed by atoms with van der Waals surface area (Å²) in [5.74, 6) is -3.48. The lowest BCUT2D eigenvalue weighted by Crippen LogP contribution is -2.71. The quantitative estimate of drug-likeness (QED) is 0.0193. The van der Waals surface area contributed by atoms with Crippen LogP contribution in [-0.4, -0.2) is 86.8 Å². The van der Waals surface area contributed by atoms with E-state index in [4.69, 9.17) is 33.5 Å². The van der Waals surface area contributed by atoms with E-state index in [1.54, 1.807) is 68.6 Å². The van der Waals surface area contributed by atoms with Gasteiger partial charge in [0.05, 0.1) is 7.11 Å². The van der Waals surface area contributed by atoms with Crippen LogP contribution in [0.4, 0.5) is 5.13 Å². The standard InChI is InChI=1S/C59H57N5O12S2/c1-36(65)73-46-31-27-38(32-47(46)74-37(2)66)24-28-40-34-77-53-49(52(68)64(53)50(40)54(69)72-33-39-25-29-44(71-8)30-26-39)61-51(67)48(63-76-58(6,7)55(70)75-57(3,4)5)45-35-78-56(60-45)62-59(41-18-12-9-13-19-41,42-20-14-10-15-21-42)43-22-16-11-17-23-43/h9-32,35,49,53H,33-34H2,1-8H3,(H,60,62)(H,61,67)/t49-,53-/m1/s1. The van der Waals surface area contributed by atoms with E-state index in [1.807, 2.05) is 91.0 Å². The lowest BCUT2D eigenvalue weighted by Gasteiger charge is -2.49. The summed E-state index contributed by atoms with van der Waals surface area (Å²) in [6.07, 6.45) is 3.28. The van der Waals surface area contributed by atoms with Crippen molar-refractivity contribution >= 4 is 75.7 Å². The largest absolute Gasteiger partial charge is 0.497 e. The van der Waals surface area contributed by atoms with Crippen LogP contribution < -0.4 is 24.8 Å². The number of amides is 2. The van der Waals surface area contributed by atoms with E-state index in [2.05, 4.69) is 15.8 Å². The third-order valence-corrected chi connectivity index (χ3v) is 14.2. The van der Waals surface area contributed by atoms with Crippen LogP contribution in [0.25, 0.3) is 6.08 Å². The number of hydrogen-bond acceptors (Lipinski definition) is 17. The fourth-order valence-corrected chi connectivity index (χ4v) is 10.5. The van der Waals surface area contributed by atoms with Crippen molar-refractivity contribution in [1.82, 2.24) is 15.2 Å². The first-order valence-electron chi connectivity index (χ1n) is 24.6. The number of thioether (sulfide) groups is 1. The Morgan fingerprint density at radius 1 is 0.769 bits per heavy atom. The molecule has 2 aliphatic rings. The van der Waals surface area contributed by atoms with Crippen LogP contribution >= 0.6 is 23.1 Å². The lowest BCUT2D eigenvalue weighted by atomic mass is 9.77. The number of benzene rings is 5. The third-order valence-electron chi connectivity index (χ3n) is 12.1. The Morgan fingerprint density at radius 2 is 1.36 bits per heavy atom. The molecule has 2 N–H and O–H groups in total. The molecule has 5 aromatic carbocycles. The zero-order chi connectivity index (χ0) is 55.8. The molecule has 0 aliphatic carbocycles. The van der Waals surface area contributed by atoms with Crippen molar-refractivity contribution in [2.24, 2.45) is 5.16 Å². The van der Waals surface area contributed by atoms with Gasteiger partial charge in [0, 0.05) is 25.0 Å². The van der Waals surface area contributed by atoms with E-state index in [-0.39, 0.29) is 41.0 Å². The maximum Gasteiger partial charge on any atom is 0.355 e. The van der Waals surface area contributed by atoms with Gasteiger partial charge < -0.3 is 39.2 Å². The number of nitrogens with zero attached hydrogens (tertiary/aromatic N) is 3. The van der Waals surface area contributed by atoms with Crippen LogP contribution in [0.2, 0.25) is 0 Å². The number of carbonyl (C=O) groups excluding carboxylic acids is 6. The van der Waals surface area contributed by atoms with Crippen molar-refractivity contribution in [3.63, 3.8) is 0 Å². The van der Waals surface area contributed by atoms with Gasteiger partial charge in [-0.15, -0.1) is 23.1 Å². The number of oxime groups is 1. The maximum atomic E-state index is 14.8. The van der Waals surface area contributed by atoms with Crippen molar-refractivity contribution in [3.05, 3.63) is 190 Å². The minimum absolute atomic E-state index is 0.00550. The second-order valence-electron chi connectivity index (χ2n) is 19.4. The third kappa shape index (κ3) is 12.8. The number of methoxy groups -OCH3 is 1. The molecule has 402 valence electrons. The molecule has 0 bridgehead atoms. The molecule has 1 aromatic heterocycles. The number of aromatic nitrogens is 1. The summed E-state index contributed by atoms with van der Waals surface area (Å²) in [5, 5.41) is 12.1. The molecule has 0 saturated carbocycles. The highest BCUT2D eigenvalue weighted by atomic mass is 32.2. The molecule has 0 radical (unpaired) electrons. The number of thiazole rings is 1. The van der Waals surface area contributed by atoms with Gasteiger partial charge in [-0.25, -0.2) is 14.6 Å². The number of ether oxygens (including phenoxy) is 5. The molecule has 3 heterocycles. The van der Waals surface area contributed by atoms with E-state index in [0.717, 1.165) is 16.7 Å². The Hall–Kier alpha value is -8.55. The van der Waals surface area contributed by atoms with Crippen molar-refractivity contribution in [2.75, 3.05) is 18.2 Å². The van der Waals surface area contributed by atoms with Gasteiger partial charge in [0.15, 0.2) is 22.3 Å². The van der Waals surface area contributed by atoms with Crippen LogP contribution in [0.3, 0.4) is 0 Å². The summed E-state index contributed by atoms with van der Waals surface area (Å²) in [6.45, 7) is 10.3. The minimum atomic E-state index is -1.69. The van der Waals surface area contributed by atoms with Gasteiger partial charge in [0.1, 0.15) is 46.3 Å². The SMILES string of the molecule is COc1ccc(COC(=O)C2=C(C=Cc3ccc(OC(C)=O)c(OC(C)=O)c3)CS[C@@H]3[C@H](NC(=O)C(=NOC(C)(C)C(=O)OC(C)(C)C)c4csc(NC(c5ccccc5)(c5ccccc5)c5ccccc5)n4)C(=O)N23)cc1. The highest BCUT2D eigenvalue weighted by Crippen LogP contribution is 2.43. The van der Waals surface area contributed by atoms with Crippen LogP contribution in [0, 0.1) is 0 Å². The monoisotopic (exact) mass is 1090 g/mol. The summed E-state index contributed by atoms with van der Waals surface area (Å²) >= 11 is 2.49. The van der Waals surface area contributed by atoms with Crippen LogP contribution in [0.5, 0.6) is 17.2 Å². The normalized spacial score (nSPS) is 15.6. The Labute approximate surface area is 459 Å². The van der Waals surface area contributed by atoms with Crippen LogP contribution in [0.1, 0.15) is 82.0 Å². The average Bonchev–Trinajstić information content (AvgIpc) is 3.93. The Morgan fingerprint density at radius 3 is 1.92 bits per heavy atom. The molecule has 1 saturated heterocycles. The fourth-order valence-electron chi connectivity index (χ4n) is 8.39. The number of nitrogens with one attached hydrogen (secondary N) is 2. The molecule has 0 unspecified atom stereocenters. The summed E-state index contributed by atoms with van der Waals surface area (Å²) in [5.41, 5.74) is 0.417. The molecule has 2 atom stereocenters. The zero-order valence-electron chi connectivity index (χ0n) is 44.1. The molecule has 17 nitrogen and oxygen atoms in total. The van der Waals surface area contributed by atoms with Crippen LogP contribution in [-0.2, 0) is 55.2 Å². The van der Waals surface area contributed by atoms with Gasteiger partial charge in [-0.1, -0.05) is 127 Å². The van der Waals surface area contributed by atoms with Gasteiger partial charge in [0.2, 0.25) is 5.60 Å². The predicted octanol–water partition coefficient (Wildman–Crippen LogP) is 9.36. The Bertz CT molecular complexity index is 3200. The summed E-state index contributed by atoms with van der Waals surface area (Å²) in [7, 11) is 1.54. The van der Waals surface area contributed by atoms with E-state index in [0.29, 0.717) is 27.6 Å². The second kappa shape index (κ2) is 23.8. The first kappa shape index (κ1) is 55.7. The van der Waals surface area contributed by atoms with Crippen LogP contribution in [0.15, 0.2) is 161 Å². The number of hydrogen-bond donors (Lipinski definition) is 2. The lowest BCUT2D eigenvalue weighted by molar-refractivity contribution is -0.179. The van der Waals surface area contributed by atoms with Gasteiger partial charge in [-0.2, -0.15) is 0 Å². The van der Waals surface area contributed by atoms with Gasteiger partial charge in [0.25, 0.3) is 11.8 Å². The number of rotatable bonds is 19. The number of allylic oxidation sites excluding steroid dienone is 1. The fraction of sp³-hybridized carbons (Fsp3) is 0.254. The van der Waals surface area contributed by atoms with Gasteiger partial charge >= 0.3 is 23.9 Å². The van der Waals surface area contributed by atoms with Gasteiger partial charge in [-0.3, -0.25) is 24.1 Å². The smallest absolute Gasteiger partial charge is 0.355 e. The maximum absolute atomic E-state index is 14.8. The van der Waals surface area contributed by atoms with Crippen molar-refractivity contribution in [3.8, 4) is 17.2 Å². The number of β-lactam (4-membered cyclic amide) rings is 1. The molecule has 78 heavy (non-hydrogen) atoms. The second-order valence-corrected chi connectivity index (χ2v) is 21.4. The first-order chi connectivity index (χ1) is 37.3. The summed E-state index contributed by atoms with van der Waals surface area (Å²) < 4.78 is 27.3. The van der Waals surface area contributed by atoms with E-state index in [1.165, 1.54) is 74.9 Å². The Balaban J connectivity index is 1.12. The zero-order valence-corrected chi connectivity index (χ0v) is 45.7. The van der Waals surface area contributed by atoms with E-state index >= 15 is 0 Å². The average molecular weight is 1090 g/mol. The molecule has 1 fully saturated rings. The Kier molecular flexibility index (Phi) is 17.0. The summed E-state index contributed by atoms with van der Waals surface area (Å²) in [6, 6.07) is 40.0. The highest BCUT2D eigenvalue weighted by molar-refractivity contribution is 8.00. The van der Waals surface area contributed by atoms with Crippen molar-refractivity contribution < 1.29 is 57.3 Å². The summed E-state index contributed by atoms with van der Waals surface area (Å²) in [4.78, 5) is 92.8. The highest BCUT2D eigenvalue weighted by Gasteiger charge is 2.55. The number of fused-ring (bicyclic) bond motifs is 1. The van der Waals surface area contributed by atoms with Gasteiger partial charge in [-0.05, 0) is 92.3 Å². The first-order valence-corrected chi connectivity index (χ1v) is 26.6. The predicted molar refractivity (Wildman–Crippen MR) is 295 cm³/mol. The van der Waals surface area contributed by atoms with Crippen molar-refractivity contribution in [1.29, 1.82) is 0 Å². The molecule has 6 aromatic rings. The molecule has 2 aliphatic heterocycles. The van der Waals surface area contributed by atoms with E-state index < -0.39 is 63.8 Å². The van der Waals surface area contributed by atoms with E-state index in [9.17, 15) is 28.8 Å². The molecule has 2 amide bonds. The molecule has 19 heteroatoms. The number of esters is 4. The number of anilines is 1. The molecule has 8 rings (SSSR count).